The fraction of sp³-hybridized carbons (Fsp3) is 0.375. The molecule has 5 nitrogen and oxygen atoms in total. The van der Waals surface area contributed by atoms with Gasteiger partial charge in [0.15, 0.2) is 5.78 Å². The number of rotatable bonds is 3. The number of halogens is 1. The van der Waals surface area contributed by atoms with Crippen LogP contribution in [0.3, 0.4) is 0 Å². The summed E-state index contributed by atoms with van der Waals surface area (Å²) in [6.07, 6.45) is 1.71. The summed E-state index contributed by atoms with van der Waals surface area (Å²) in [4.78, 5) is 29.9. The first-order valence-electron chi connectivity index (χ1n) is 10.4. The standard InChI is InChI=1S/C24H23FN2O3/c1-4-13-16(23(29)12(3)28)8-20-22-17(10-27(20)24(13)30)15-7-5-6-14-11(2)18(25)9-19(26-22)21(14)15/h8-9,23,29H,4-7,10H2,1-3H3. The van der Waals surface area contributed by atoms with Gasteiger partial charge < -0.3 is 9.67 Å². The molecule has 1 atom stereocenters. The third-order valence-electron chi connectivity index (χ3n) is 6.70. The van der Waals surface area contributed by atoms with Crippen molar-refractivity contribution in [2.45, 2.75) is 59.1 Å². The van der Waals surface area contributed by atoms with E-state index in [1.165, 1.54) is 13.0 Å². The largest absolute Gasteiger partial charge is 0.381 e. The van der Waals surface area contributed by atoms with Crippen LogP contribution < -0.4 is 5.56 Å². The van der Waals surface area contributed by atoms with Crippen molar-refractivity contribution in [2.24, 2.45) is 0 Å². The van der Waals surface area contributed by atoms with Crippen molar-refractivity contribution in [1.82, 2.24) is 9.55 Å². The lowest BCUT2D eigenvalue weighted by molar-refractivity contribution is -0.125. The van der Waals surface area contributed by atoms with Gasteiger partial charge in [-0.3, -0.25) is 9.59 Å². The molecule has 0 saturated heterocycles. The maximum absolute atomic E-state index is 14.6. The molecule has 0 amide bonds. The maximum atomic E-state index is 14.6. The zero-order valence-corrected chi connectivity index (χ0v) is 17.3. The van der Waals surface area contributed by atoms with Gasteiger partial charge in [0.25, 0.3) is 5.56 Å². The van der Waals surface area contributed by atoms with Crippen LogP contribution in [0.1, 0.15) is 59.8 Å². The van der Waals surface area contributed by atoms with Gasteiger partial charge in [0.1, 0.15) is 11.9 Å². The Balaban J connectivity index is 1.85. The van der Waals surface area contributed by atoms with Gasteiger partial charge in [-0.1, -0.05) is 6.92 Å². The van der Waals surface area contributed by atoms with Gasteiger partial charge in [-0.05, 0) is 67.9 Å². The van der Waals surface area contributed by atoms with Crippen LogP contribution in [0, 0.1) is 12.7 Å². The molecule has 1 aromatic carbocycles. The number of aliphatic hydroxyl groups is 1. The van der Waals surface area contributed by atoms with Gasteiger partial charge in [-0.25, -0.2) is 9.37 Å². The number of fused-ring (bicyclic) bond motifs is 4. The number of aromatic nitrogens is 2. The number of aryl methyl sites for hydroxylation is 2. The highest BCUT2D eigenvalue weighted by Gasteiger charge is 2.31. The number of carbonyl (C=O) groups excluding carboxylic acids is 1. The number of hydrogen-bond acceptors (Lipinski definition) is 4. The Morgan fingerprint density at radius 2 is 2.00 bits per heavy atom. The first kappa shape index (κ1) is 19.1. The number of benzene rings is 1. The molecular formula is C24H23FN2O3. The minimum atomic E-state index is -1.34. The molecule has 3 heterocycles. The summed E-state index contributed by atoms with van der Waals surface area (Å²) >= 11 is 0. The van der Waals surface area contributed by atoms with Crippen molar-refractivity contribution in [3.05, 3.63) is 61.7 Å². The molecule has 6 heteroatoms. The van der Waals surface area contributed by atoms with E-state index >= 15 is 0 Å². The quantitative estimate of drug-likeness (QED) is 0.565. The van der Waals surface area contributed by atoms with E-state index in [1.807, 2.05) is 13.8 Å². The van der Waals surface area contributed by atoms with E-state index < -0.39 is 11.9 Å². The highest BCUT2D eigenvalue weighted by Crippen LogP contribution is 2.41. The first-order chi connectivity index (χ1) is 14.3. The van der Waals surface area contributed by atoms with E-state index in [4.69, 9.17) is 4.98 Å². The van der Waals surface area contributed by atoms with E-state index in [9.17, 15) is 19.1 Å². The molecule has 0 bridgehead atoms. The van der Waals surface area contributed by atoms with E-state index in [0.717, 1.165) is 41.3 Å². The number of ketones is 1. The number of hydrogen-bond donors (Lipinski definition) is 1. The van der Waals surface area contributed by atoms with Gasteiger partial charge >= 0.3 is 0 Å². The monoisotopic (exact) mass is 406 g/mol. The third kappa shape index (κ3) is 2.46. The molecule has 0 saturated carbocycles. The topological polar surface area (TPSA) is 72.2 Å². The van der Waals surface area contributed by atoms with Crippen molar-refractivity contribution >= 4 is 16.7 Å². The molecule has 2 aromatic heterocycles. The molecule has 5 rings (SSSR count). The first-order valence-corrected chi connectivity index (χ1v) is 10.4. The zero-order chi connectivity index (χ0) is 21.3. The van der Waals surface area contributed by atoms with Crippen LogP contribution in [0.5, 0.6) is 0 Å². The summed E-state index contributed by atoms with van der Waals surface area (Å²) < 4.78 is 16.2. The number of nitrogens with zero attached hydrogens (tertiary/aromatic N) is 2. The van der Waals surface area contributed by atoms with Crippen LogP contribution in [0.2, 0.25) is 0 Å². The number of carbonyl (C=O) groups is 1. The third-order valence-corrected chi connectivity index (χ3v) is 6.70. The van der Waals surface area contributed by atoms with Crippen molar-refractivity contribution in [2.75, 3.05) is 0 Å². The lowest BCUT2D eigenvalue weighted by Crippen LogP contribution is -2.26. The van der Waals surface area contributed by atoms with Crippen LogP contribution in [-0.2, 0) is 30.6 Å². The maximum Gasteiger partial charge on any atom is 0.254 e. The van der Waals surface area contributed by atoms with Gasteiger partial charge in [0, 0.05) is 22.6 Å². The summed E-state index contributed by atoms with van der Waals surface area (Å²) in [6, 6.07) is 3.20. The van der Waals surface area contributed by atoms with E-state index in [1.54, 1.807) is 10.6 Å². The van der Waals surface area contributed by atoms with Crippen LogP contribution in [0.25, 0.3) is 22.3 Å². The molecule has 0 radical (unpaired) electrons. The van der Waals surface area contributed by atoms with E-state index in [-0.39, 0.29) is 11.4 Å². The molecule has 1 N–H and O–H groups in total. The van der Waals surface area contributed by atoms with Crippen molar-refractivity contribution in [3.63, 3.8) is 0 Å². The van der Waals surface area contributed by atoms with Gasteiger partial charge in [0.05, 0.1) is 23.4 Å². The van der Waals surface area contributed by atoms with Crippen LogP contribution in [0.15, 0.2) is 16.9 Å². The van der Waals surface area contributed by atoms with Crippen molar-refractivity contribution < 1.29 is 14.3 Å². The predicted molar refractivity (Wildman–Crippen MR) is 112 cm³/mol. The minimum absolute atomic E-state index is 0.196. The fourth-order valence-electron chi connectivity index (χ4n) is 5.14. The van der Waals surface area contributed by atoms with Crippen LogP contribution >= 0.6 is 0 Å². The van der Waals surface area contributed by atoms with Crippen molar-refractivity contribution in [1.29, 1.82) is 0 Å². The molecule has 1 unspecified atom stereocenters. The lowest BCUT2D eigenvalue weighted by atomic mass is 9.85. The average molecular weight is 406 g/mol. The molecule has 30 heavy (non-hydrogen) atoms. The summed E-state index contributed by atoms with van der Waals surface area (Å²) in [5, 5.41) is 11.5. The second kappa shape index (κ2) is 6.57. The number of Topliss-reactive ketones (excluding diaryl/α,β-unsaturated/α-hetero) is 1. The molecule has 0 spiro atoms. The Morgan fingerprint density at radius 3 is 2.70 bits per heavy atom. The predicted octanol–water partition coefficient (Wildman–Crippen LogP) is 3.55. The van der Waals surface area contributed by atoms with Crippen molar-refractivity contribution in [3.8, 4) is 11.4 Å². The van der Waals surface area contributed by atoms with Crippen LogP contribution in [0.4, 0.5) is 4.39 Å². The van der Waals surface area contributed by atoms with E-state index in [0.29, 0.717) is 46.6 Å². The minimum Gasteiger partial charge on any atom is -0.381 e. The Bertz CT molecular complexity index is 1320. The van der Waals surface area contributed by atoms with Crippen LogP contribution in [-0.4, -0.2) is 20.4 Å². The fourth-order valence-corrected chi connectivity index (χ4v) is 5.14. The molecule has 2 aliphatic rings. The SMILES string of the molecule is CCc1c(C(O)C(C)=O)cc2n(c1=O)Cc1c-2nc2cc(F)c(C)c3c2c1CCC3. The summed E-state index contributed by atoms with van der Waals surface area (Å²) in [5.74, 6) is -0.668. The Morgan fingerprint density at radius 1 is 1.27 bits per heavy atom. The highest BCUT2D eigenvalue weighted by molar-refractivity contribution is 5.92. The molecule has 154 valence electrons. The second-order valence-corrected chi connectivity index (χ2v) is 8.35. The van der Waals surface area contributed by atoms with Gasteiger partial charge in [0.2, 0.25) is 0 Å². The van der Waals surface area contributed by atoms with Gasteiger partial charge in [-0.15, -0.1) is 0 Å². The second-order valence-electron chi connectivity index (χ2n) is 8.35. The molecule has 1 aliphatic heterocycles. The summed E-state index contributed by atoms with van der Waals surface area (Å²) in [7, 11) is 0. The summed E-state index contributed by atoms with van der Waals surface area (Å²) in [5.41, 5.74) is 6.31. The average Bonchev–Trinajstić information content (AvgIpc) is 3.10. The smallest absolute Gasteiger partial charge is 0.254 e. The van der Waals surface area contributed by atoms with Gasteiger partial charge in [-0.2, -0.15) is 0 Å². The Kier molecular flexibility index (Phi) is 4.19. The Labute approximate surface area is 173 Å². The molecular weight excluding hydrogens is 383 g/mol. The lowest BCUT2D eigenvalue weighted by Gasteiger charge is -2.21. The normalized spacial score (nSPS) is 15.2. The number of aliphatic hydroxyl groups excluding tert-OH is 1. The molecule has 1 aliphatic carbocycles. The summed E-state index contributed by atoms with van der Waals surface area (Å²) in [6.45, 7) is 5.39. The highest BCUT2D eigenvalue weighted by atomic mass is 19.1. The number of pyridine rings is 2. The molecule has 0 fully saturated rings. The molecule has 3 aromatic rings. The van der Waals surface area contributed by atoms with E-state index in [2.05, 4.69) is 0 Å². The Hall–Kier alpha value is -2.86. The zero-order valence-electron chi connectivity index (χ0n) is 17.3.